The van der Waals surface area contributed by atoms with Gasteiger partial charge >= 0.3 is 0 Å². The maximum absolute atomic E-state index is 3.63. The number of hydrogen-bond donors (Lipinski definition) is 0. The van der Waals surface area contributed by atoms with E-state index in [1.165, 1.54) is 11.5 Å². The van der Waals surface area contributed by atoms with E-state index in [1.807, 2.05) is 6.92 Å². The first-order valence-electron chi connectivity index (χ1n) is 1.56. The van der Waals surface area contributed by atoms with E-state index in [1.54, 1.807) is 0 Å². The van der Waals surface area contributed by atoms with Gasteiger partial charge in [-0.3, -0.25) is 0 Å². The maximum Gasteiger partial charge on any atom is 0 e. The van der Waals surface area contributed by atoms with E-state index in [9.17, 15) is 0 Å². The Kier molecular flexibility index (Phi) is 3.98. The van der Waals surface area contributed by atoms with Gasteiger partial charge in [0.15, 0.2) is 0 Å². The standard InChI is InChI=1S/C3H3N2S.Y/c1-3-2-6-5-4-3;/h1H3;/q-1;. The molecule has 0 aliphatic heterocycles. The monoisotopic (exact) mass is 188 g/mol. The average Bonchev–Trinajstić information content (AvgIpc) is 1.86. The van der Waals surface area contributed by atoms with E-state index in [4.69, 9.17) is 0 Å². The zero-order valence-corrected chi connectivity index (χ0v) is 7.53. The van der Waals surface area contributed by atoms with Crippen molar-refractivity contribution >= 4 is 11.5 Å². The molecule has 0 fully saturated rings. The summed E-state index contributed by atoms with van der Waals surface area (Å²) in [4.78, 5) is 0. The SMILES string of the molecule is Cc1[c-]snn1.[Y]. The first-order chi connectivity index (χ1) is 2.89. The first kappa shape index (κ1) is 7.66. The fourth-order valence-corrected chi connectivity index (χ4v) is 0.566. The molecule has 1 radical (unpaired) electrons. The summed E-state index contributed by atoms with van der Waals surface area (Å²) in [6.45, 7) is 1.86. The Labute approximate surface area is 71.4 Å². The van der Waals surface area contributed by atoms with Gasteiger partial charge in [-0.15, -0.1) is 10.2 Å². The Bertz CT molecular complexity index is 116. The van der Waals surface area contributed by atoms with Crippen molar-refractivity contribution < 1.29 is 32.7 Å². The van der Waals surface area contributed by atoms with Crippen LogP contribution in [0, 0.1) is 12.3 Å². The Hall–Kier alpha value is 0.664. The van der Waals surface area contributed by atoms with Gasteiger partial charge in [0.2, 0.25) is 0 Å². The van der Waals surface area contributed by atoms with Gasteiger partial charge in [-0.25, -0.2) is 11.5 Å². The normalized spacial score (nSPS) is 7.57. The smallest absolute Gasteiger partial charge is 0 e. The molecule has 0 saturated heterocycles. The van der Waals surface area contributed by atoms with Crippen molar-refractivity contribution in [2.45, 2.75) is 6.92 Å². The number of hydrogen-bond acceptors (Lipinski definition) is 3. The molecule has 2 nitrogen and oxygen atoms in total. The van der Waals surface area contributed by atoms with Crippen molar-refractivity contribution in [1.29, 1.82) is 0 Å². The molecule has 0 bridgehead atoms. The van der Waals surface area contributed by atoms with Crippen LogP contribution < -0.4 is 0 Å². The van der Waals surface area contributed by atoms with Crippen LogP contribution >= 0.6 is 11.5 Å². The van der Waals surface area contributed by atoms with Crippen molar-refractivity contribution in [3.05, 3.63) is 11.1 Å². The van der Waals surface area contributed by atoms with Crippen LogP contribution in [0.15, 0.2) is 0 Å². The minimum Gasteiger partial charge on any atom is -0.363 e. The fourth-order valence-electron chi connectivity index (χ4n) is 0.189. The van der Waals surface area contributed by atoms with Crippen LogP contribution in [0.1, 0.15) is 5.69 Å². The van der Waals surface area contributed by atoms with E-state index in [2.05, 4.69) is 15.0 Å². The molecule has 0 aromatic carbocycles. The summed E-state index contributed by atoms with van der Waals surface area (Å²) in [6, 6.07) is 0. The molecule has 1 aromatic rings. The quantitative estimate of drug-likeness (QED) is 0.558. The second-order valence-electron chi connectivity index (χ2n) is 0.960. The third kappa shape index (κ3) is 2.47. The molecule has 1 rings (SSSR count). The van der Waals surface area contributed by atoms with E-state index in [0.29, 0.717) is 0 Å². The topological polar surface area (TPSA) is 25.8 Å². The molecule has 0 aliphatic carbocycles. The Morgan fingerprint density at radius 1 is 1.71 bits per heavy atom. The molecule has 1 heterocycles. The van der Waals surface area contributed by atoms with Crippen molar-refractivity contribution in [2.75, 3.05) is 0 Å². The van der Waals surface area contributed by atoms with Crippen LogP contribution in [-0.2, 0) is 32.7 Å². The second-order valence-corrected chi connectivity index (χ2v) is 1.51. The van der Waals surface area contributed by atoms with Crippen LogP contribution in [0.3, 0.4) is 0 Å². The average molecular weight is 188 g/mol. The van der Waals surface area contributed by atoms with E-state index < -0.39 is 0 Å². The molecule has 0 atom stereocenters. The molecule has 7 heavy (non-hydrogen) atoms. The summed E-state index contributed by atoms with van der Waals surface area (Å²) in [5.41, 5.74) is 0.875. The van der Waals surface area contributed by atoms with Gasteiger partial charge < -0.3 is 5.38 Å². The minimum absolute atomic E-state index is 0. The Balaban J connectivity index is 0.000000360. The summed E-state index contributed by atoms with van der Waals surface area (Å²) in [5, 5.41) is 6.45. The molecule has 0 spiro atoms. The van der Waals surface area contributed by atoms with Crippen LogP contribution in [0.25, 0.3) is 0 Å². The van der Waals surface area contributed by atoms with Crippen LogP contribution in [0.2, 0.25) is 0 Å². The molecule has 0 N–H and O–H groups in total. The Morgan fingerprint density at radius 3 is 2.57 bits per heavy atom. The van der Waals surface area contributed by atoms with Gasteiger partial charge in [0.1, 0.15) is 0 Å². The number of aromatic nitrogens is 2. The van der Waals surface area contributed by atoms with Crippen molar-refractivity contribution in [1.82, 2.24) is 9.59 Å². The summed E-state index contributed by atoms with van der Waals surface area (Å²) < 4.78 is 3.56. The maximum atomic E-state index is 3.63. The largest absolute Gasteiger partial charge is 0.363 e. The third-order valence-corrected chi connectivity index (χ3v) is 0.975. The van der Waals surface area contributed by atoms with Crippen molar-refractivity contribution in [2.24, 2.45) is 0 Å². The molecule has 0 amide bonds. The zero-order chi connectivity index (χ0) is 4.41. The zero-order valence-electron chi connectivity index (χ0n) is 3.88. The summed E-state index contributed by atoms with van der Waals surface area (Å²) >= 11 is 1.25. The van der Waals surface area contributed by atoms with Crippen molar-refractivity contribution in [3.8, 4) is 0 Å². The van der Waals surface area contributed by atoms with Gasteiger partial charge in [-0.1, -0.05) is 6.92 Å². The van der Waals surface area contributed by atoms with Gasteiger partial charge in [0, 0.05) is 32.7 Å². The fraction of sp³-hybridized carbons (Fsp3) is 0.333. The Morgan fingerprint density at radius 2 is 2.43 bits per heavy atom. The van der Waals surface area contributed by atoms with Gasteiger partial charge in [0.25, 0.3) is 0 Å². The molecule has 0 saturated carbocycles. The molecule has 0 unspecified atom stereocenters. The van der Waals surface area contributed by atoms with Crippen LogP contribution in [0.4, 0.5) is 0 Å². The molecule has 0 aliphatic rings. The molecule has 35 valence electrons. The number of aryl methyl sites for hydroxylation is 1. The minimum atomic E-state index is 0. The van der Waals surface area contributed by atoms with Gasteiger partial charge in [-0.05, 0) is 0 Å². The van der Waals surface area contributed by atoms with Crippen LogP contribution in [-0.4, -0.2) is 9.59 Å². The summed E-state index contributed by atoms with van der Waals surface area (Å²) in [6.07, 6.45) is 0. The number of nitrogens with zero attached hydrogens (tertiary/aromatic N) is 2. The predicted octanol–water partition coefficient (Wildman–Crippen LogP) is 0.644. The molecular formula is C3H3N2SY-. The first-order valence-corrected chi connectivity index (χ1v) is 2.33. The predicted molar refractivity (Wildman–Crippen MR) is 23.5 cm³/mol. The van der Waals surface area contributed by atoms with Gasteiger partial charge in [-0.2, -0.15) is 5.10 Å². The summed E-state index contributed by atoms with van der Waals surface area (Å²) in [7, 11) is 0. The van der Waals surface area contributed by atoms with E-state index >= 15 is 0 Å². The molecule has 4 heteroatoms. The van der Waals surface area contributed by atoms with E-state index in [0.717, 1.165) is 5.69 Å². The van der Waals surface area contributed by atoms with E-state index in [-0.39, 0.29) is 32.7 Å². The van der Waals surface area contributed by atoms with Gasteiger partial charge in [0.05, 0.1) is 0 Å². The summed E-state index contributed by atoms with van der Waals surface area (Å²) in [5.74, 6) is 0. The molecular weight excluding hydrogens is 185 g/mol. The van der Waals surface area contributed by atoms with Crippen LogP contribution in [0.5, 0.6) is 0 Å². The molecule has 1 aromatic heterocycles. The van der Waals surface area contributed by atoms with Crippen molar-refractivity contribution in [3.63, 3.8) is 0 Å². The number of rotatable bonds is 0. The second kappa shape index (κ2) is 3.64. The third-order valence-electron chi connectivity index (χ3n) is 0.425.